The smallest absolute Gasteiger partial charge is 0.437 e. The van der Waals surface area contributed by atoms with E-state index >= 15 is 0 Å². The second-order valence-electron chi connectivity index (χ2n) is 4.92. The van der Waals surface area contributed by atoms with Crippen LogP contribution in [0.25, 0.3) is 0 Å². The highest BCUT2D eigenvalue weighted by molar-refractivity contribution is 5.81. The average Bonchev–Trinajstić information content (AvgIpc) is 2.87. The third-order valence-electron chi connectivity index (χ3n) is 3.79. The number of methoxy groups -OCH3 is 1. The molecule has 1 aliphatic carbocycles. The Labute approximate surface area is 112 Å². The molecule has 6 nitrogen and oxygen atoms in total. The normalized spacial score (nSPS) is 25.2. The van der Waals surface area contributed by atoms with Crippen molar-refractivity contribution in [3.05, 3.63) is 0 Å². The van der Waals surface area contributed by atoms with Gasteiger partial charge in [-0.2, -0.15) is 0 Å². The quantitative estimate of drug-likeness (QED) is 0.578. The summed E-state index contributed by atoms with van der Waals surface area (Å²) in [6.45, 7) is 1.23. The van der Waals surface area contributed by atoms with Gasteiger partial charge in [-0.3, -0.25) is 4.79 Å². The van der Waals surface area contributed by atoms with Crippen molar-refractivity contribution in [1.29, 1.82) is 0 Å². The van der Waals surface area contributed by atoms with E-state index in [2.05, 4.69) is 9.47 Å². The first-order valence-electron chi connectivity index (χ1n) is 6.73. The third kappa shape index (κ3) is 3.45. The highest BCUT2D eigenvalue weighted by Gasteiger charge is 2.45. The Bertz CT molecular complexity index is 334. The van der Waals surface area contributed by atoms with Crippen molar-refractivity contribution in [3.63, 3.8) is 0 Å². The molecular weight excluding hydrogens is 252 g/mol. The van der Waals surface area contributed by atoms with Crippen LogP contribution >= 0.6 is 0 Å². The summed E-state index contributed by atoms with van der Waals surface area (Å²) in [5.74, 6) is -0.886. The molecule has 1 aliphatic heterocycles. The summed E-state index contributed by atoms with van der Waals surface area (Å²) in [6.07, 6.45) is 3.88. The van der Waals surface area contributed by atoms with E-state index in [0.717, 1.165) is 25.7 Å². The SMILES string of the molecule is COC(=O)OC(=O)CCC1CCCCC12OCCO2. The van der Waals surface area contributed by atoms with E-state index in [1.807, 2.05) is 0 Å². The summed E-state index contributed by atoms with van der Waals surface area (Å²) in [5, 5.41) is 0. The Morgan fingerprint density at radius 1 is 1.26 bits per heavy atom. The summed E-state index contributed by atoms with van der Waals surface area (Å²) < 4.78 is 20.3. The number of hydrogen-bond donors (Lipinski definition) is 0. The lowest BCUT2D eigenvalue weighted by atomic mass is 9.80. The first kappa shape index (κ1) is 14.3. The van der Waals surface area contributed by atoms with E-state index in [1.54, 1.807) is 0 Å². The van der Waals surface area contributed by atoms with Gasteiger partial charge < -0.3 is 18.9 Å². The van der Waals surface area contributed by atoms with Gasteiger partial charge in [-0.05, 0) is 19.3 Å². The Morgan fingerprint density at radius 2 is 2.00 bits per heavy atom. The molecule has 0 radical (unpaired) electrons. The largest absolute Gasteiger partial charge is 0.515 e. The van der Waals surface area contributed by atoms with Gasteiger partial charge in [0, 0.05) is 18.8 Å². The zero-order valence-electron chi connectivity index (χ0n) is 11.2. The number of ether oxygens (including phenoxy) is 4. The average molecular weight is 272 g/mol. The summed E-state index contributed by atoms with van der Waals surface area (Å²) in [4.78, 5) is 22.3. The van der Waals surface area contributed by atoms with Crippen LogP contribution in [0.15, 0.2) is 0 Å². The van der Waals surface area contributed by atoms with E-state index in [4.69, 9.17) is 9.47 Å². The Morgan fingerprint density at radius 3 is 2.68 bits per heavy atom. The molecule has 1 unspecified atom stereocenters. The van der Waals surface area contributed by atoms with Gasteiger partial charge in [-0.25, -0.2) is 4.79 Å². The standard InChI is InChI=1S/C13H20O6/c1-16-12(15)19-11(14)6-5-10-4-2-3-7-13(10)17-8-9-18-13/h10H,2-9H2,1H3. The molecule has 108 valence electrons. The minimum Gasteiger partial charge on any atom is -0.437 e. The number of carbonyl (C=O) groups is 2. The molecule has 0 aromatic carbocycles. The molecule has 19 heavy (non-hydrogen) atoms. The van der Waals surface area contributed by atoms with Gasteiger partial charge in [-0.15, -0.1) is 0 Å². The van der Waals surface area contributed by atoms with Crippen molar-refractivity contribution in [2.24, 2.45) is 5.92 Å². The van der Waals surface area contributed by atoms with E-state index in [-0.39, 0.29) is 12.3 Å². The van der Waals surface area contributed by atoms with Gasteiger partial charge in [-0.1, -0.05) is 6.42 Å². The van der Waals surface area contributed by atoms with Crippen molar-refractivity contribution in [2.75, 3.05) is 20.3 Å². The van der Waals surface area contributed by atoms with Gasteiger partial charge in [0.25, 0.3) is 0 Å². The Kier molecular flexibility index (Phi) is 4.76. The van der Waals surface area contributed by atoms with Crippen LogP contribution in [0.2, 0.25) is 0 Å². The molecule has 0 aromatic heterocycles. The summed E-state index contributed by atoms with van der Waals surface area (Å²) in [6, 6.07) is 0. The van der Waals surface area contributed by atoms with Crippen LogP contribution in [0.5, 0.6) is 0 Å². The van der Waals surface area contributed by atoms with Crippen molar-refractivity contribution >= 4 is 12.1 Å². The molecule has 1 saturated carbocycles. The minimum atomic E-state index is -0.961. The van der Waals surface area contributed by atoms with Crippen molar-refractivity contribution in [3.8, 4) is 0 Å². The molecule has 1 heterocycles. The van der Waals surface area contributed by atoms with E-state index in [0.29, 0.717) is 19.6 Å². The first-order valence-corrected chi connectivity index (χ1v) is 6.73. The Balaban J connectivity index is 1.83. The highest BCUT2D eigenvalue weighted by Crippen LogP contribution is 2.42. The molecule has 0 bridgehead atoms. The molecule has 6 heteroatoms. The minimum absolute atomic E-state index is 0.175. The van der Waals surface area contributed by atoms with Gasteiger partial charge in [0.05, 0.1) is 20.3 Å². The predicted octanol–water partition coefficient (Wildman–Crippen LogP) is 2.01. The van der Waals surface area contributed by atoms with Crippen LogP contribution in [0.1, 0.15) is 38.5 Å². The van der Waals surface area contributed by atoms with E-state index in [9.17, 15) is 9.59 Å². The molecule has 0 aromatic rings. The van der Waals surface area contributed by atoms with Crippen LogP contribution in [-0.2, 0) is 23.7 Å². The van der Waals surface area contributed by atoms with Crippen molar-refractivity contribution < 1.29 is 28.5 Å². The monoisotopic (exact) mass is 272 g/mol. The summed E-state index contributed by atoms with van der Waals surface area (Å²) >= 11 is 0. The highest BCUT2D eigenvalue weighted by atomic mass is 16.7. The molecule has 1 spiro atoms. The molecule has 2 rings (SSSR count). The van der Waals surface area contributed by atoms with Crippen molar-refractivity contribution in [2.45, 2.75) is 44.3 Å². The molecule has 0 amide bonds. The number of rotatable bonds is 3. The lowest BCUT2D eigenvalue weighted by molar-refractivity contribution is -0.214. The van der Waals surface area contributed by atoms with Crippen LogP contribution in [0.3, 0.4) is 0 Å². The summed E-state index contributed by atoms with van der Waals surface area (Å²) in [5.41, 5.74) is 0. The lowest BCUT2D eigenvalue weighted by Crippen LogP contribution is -2.42. The first-order chi connectivity index (χ1) is 9.16. The summed E-state index contributed by atoms with van der Waals surface area (Å²) in [7, 11) is 1.17. The van der Waals surface area contributed by atoms with Crippen molar-refractivity contribution in [1.82, 2.24) is 0 Å². The van der Waals surface area contributed by atoms with E-state index < -0.39 is 17.9 Å². The van der Waals surface area contributed by atoms with Gasteiger partial charge in [0.2, 0.25) is 0 Å². The molecular formula is C13H20O6. The topological polar surface area (TPSA) is 71.1 Å². The van der Waals surface area contributed by atoms with Crippen LogP contribution in [-0.4, -0.2) is 38.2 Å². The maximum absolute atomic E-state index is 11.5. The fourth-order valence-electron chi connectivity index (χ4n) is 2.88. The lowest BCUT2D eigenvalue weighted by Gasteiger charge is -2.39. The zero-order chi connectivity index (χ0) is 13.7. The molecule has 2 aliphatic rings. The number of esters is 1. The molecule has 1 saturated heterocycles. The molecule has 1 atom stereocenters. The maximum Gasteiger partial charge on any atom is 0.515 e. The molecule has 2 fully saturated rings. The molecule has 0 N–H and O–H groups in total. The van der Waals surface area contributed by atoms with Crippen LogP contribution in [0, 0.1) is 5.92 Å². The van der Waals surface area contributed by atoms with Gasteiger partial charge in [0.1, 0.15) is 0 Å². The van der Waals surface area contributed by atoms with E-state index in [1.165, 1.54) is 7.11 Å². The maximum atomic E-state index is 11.5. The number of carbonyl (C=O) groups excluding carboxylic acids is 2. The third-order valence-corrected chi connectivity index (χ3v) is 3.79. The number of hydrogen-bond acceptors (Lipinski definition) is 6. The zero-order valence-corrected chi connectivity index (χ0v) is 11.2. The second kappa shape index (κ2) is 6.34. The Hall–Kier alpha value is -1.14. The second-order valence-corrected chi connectivity index (χ2v) is 4.92. The van der Waals surface area contributed by atoms with Gasteiger partial charge in [0.15, 0.2) is 5.79 Å². The van der Waals surface area contributed by atoms with Crippen LogP contribution < -0.4 is 0 Å². The fraction of sp³-hybridized carbons (Fsp3) is 0.846. The predicted molar refractivity (Wildman–Crippen MR) is 64.3 cm³/mol. The fourth-order valence-corrected chi connectivity index (χ4v) is 2.88. The van der Waals surface area contributed by atoms with Crippen LogP contribution in [0.4, 0.5) is 4.79 Å². The van der Waals surface area contributed by atoms with Gasteiger partial charge >= 0.3 is 12.1 Å².